The number of hydrazine groups is 1. The predicted molar refractivity (Wildman–Crippen MR) is 79.2 cm³/mol. The van der Waals surface area contributed by atoms with Crippen molar-refractivity contribution in [3.05, 3.63) is 64.3 Å². The van der Waals surface area contributed by atoms with E-state index in [0.29, 0.717) is 0 Å². The maximum atomic E-state index is 13.4. The number of carbonyl (C=O) groups is 2. The molecule has 0 fully saturated rings. The molecule has 7 nitrogen and oxygen atoms in total. The number of hydrogen-bond acceptors (Lipinski definition) is 4. The van der Waals surface area contributed by atoms with E-state index >= 15 is 0 Å². The highest BCUT2D eigenvalue weighted by Gasteiger charge is 2.18. The van der Waals surface area contributed by atoms with Gasteiger partial charge in [-0.1, -0.05) is 12.1 Å². The van der Waals surface area contributed by atoms with Crippen LogP contribution >= 0.6 is 0 Å². The molecule has 2 rings (SSSR count). The van der Waals surface area contributed by atoms with Crippen LogP contribution in [0.2, 0.25) is 0 Å². The van der Waals surface area contributed by atoms with E-state index in [9.17, 15) is 18.8 Å². The van der Waals surface area contributed by atoms with Gasteiger partial charge in [0.2, 0.25) is 0 Å². The van der Waals surface area contributed by atoms with E-state index in [1.54, 1.807) is 6.07 Å². The minimum atomic E-state index is -1.05. The van der Waals surface area contributed by atoms with Crippen molar-refractivity contribution in [3.8, 4) is 5.75 Å². The number of amides is 2. The zero-order valence-electron chi connectivity index (χ0n) is 12.1. The molecular weight excluding hydrogens is 305 g/mol. The minimum absolute atomic E-state index is 0.0824. The van der Waals surface area contributed by atoms with Crippen molar-refractivity contribution in [3.63, 3.8) is 0 Å². The second-order valence-electron chi connectivity index (χ2n) is 4.55. The van der Waals surface area contributed by atoms with Crippen molar-refractivity contribution in [2.45, 2.75) is 13.0 Å². The van der Waals surface area contributed by atoms with Crippen LogP contribution in [0.1, 0.15) is 17.3 Å². The molecule has 120 valence electrons. The molecule has 1 aromatic carbocycles. The number of ether oxygens (including phenoxy) is 1. The fraction of sp³-hybridized carbons (Fsp3) is 0.133. The third-order valence-electron chi connectivity index (χ3n) is 2.87. The minimum Gasteiger partial charge on any atom is -0.478 e. The average Bonchev–Trinajstić information content (AvgIpc) is 2.54. The van der Waals surface area contributed by atoms with Crippen LogP contribution in [-0.2, 0) is 4.79 Å². The molecule has 2 amide bonds. The van der Waals surface area contributed by atoms with Crippen molar-refractivity contribution >= 4 is 11.8 Å². The van der Waals surface area contributed by atoms with E-state index in [0.717, 1.165) is 0 Å². The topological polar surface area (TPSA) is 100 Å². The SMILES string of the molecule is C[C@@H](Oc1ccccc1F)C(=O)NNC(=O)c1ccc[nH]c1=O. The number of rotatable bonds is 4. The highest BCUT2D eigenvalue weighted by Crippen LogP contribution is 2.16. The van der Waals surface area contributed by atoms with Crippen molar-refractivity contribution in [2.75, 3.05) is 0 Å². The number of aromatic nitrogens is 1. The van der Waals surface area contributed by atoms with Crippen LogP contribution in [0.5, 0.6) is 5.75 Å². The van der Waals surface area contributed by atoms with Gasteiger partial charge in [-0.3, -0.25) is 25.2 Å². The molecule has 0 saturated carbocycles. The Morgan fingerprint density at radius 3 is 2.61 bits per heavy atom. The monoisotopic (exact) mass is 319 g/mol. The molecule has 0 saturated heterocycles. The Labute approximate surface area is 130 Å². The summed E-state index contributed by atoms with van der Waals surface area (Å²) in [7, 11) is 0. The van der Waals surface area contributed by atoms with E-state index in [4.69, 9.17) is 4.74 Å². The number of benzene rings is 1. The van der Waals surface area contributed by atoms with Crippen LogP contribution in [0.15, 0.2) is 47.4 Å². The van der Waals surface area contributed by atoms with Gasteiger partial charge in [0, 0.05) is 6.20 Å². The molecule has 0 aliphatic rings. The van der Waals surface area contributed by atoms with Crippen LogP contribution in [-0.4, -0.2) is 22.9 Å². The molecule has 0 spiro atoms. The molecule has 0 aliphatic carbocycles. The van der Waals surface area contributed by atoms with Gasteiger partial charge in [0.05, 0.1) is 0 Å². The molecule has 1 aromatic heterocycles. The first-order valence-electron chi connectivity index (χ1n) is 6.68. The van der Waals surface area contributed by atoms with E-state index in [1.165, 1.54) is 43.5 Å². The van der Waals surface area contributed by atoms with Gasteiger partial charge in [-0.15, -0.1) is 0 Å². The van der Waals surface area contributed by atoms with Gasteiger partial charge in [-0.25, -0.2) is 4.39 Å². The summed E-state index contributed by atoms with van der Waals surface area (Å²) in [5.41, 5.74) is 3.45. The summed E-state index contributed by atoms with van der Waals surface area (Å²) in [5, 5.41) is 0. The van der Waals surface area contributed by atoms with Crippen molar-refractivity contribution in [1.82, 2.24) is 15.8 Å². The first kappa shape index (κ1) is 16.2. The fourth-order valence-corrected chi connectivity index (χ4v) is 1.67. The van der Waals surface area contributed by atoms with Crippen LogP contribution in [0.4, 0.5) is 4.39 Å². The van der Waals surface area contributed by atoms with Crippen molar-refractivity contribution in [1.29, 1.82) is 0 Å². The lowest BCUT2D eigenvalue weighted by Crippen LogP contribution is -2.48. The van der Waals surface area contributed by atoms with E-state index in [2.05, 4.69) is 15.8 Å². The number of nitrogens with one attached hydrogen (secondary N) is 3. The van der Waals surface area contributed by atoms with Crippen LogP contribution in [0, 0.1) is 5.82 Å². The van der Waals surface area contributed by atoms with Crippen LogP contribution < -0.4 is 21.1 Å². The summed E-state index contributed by atoms with van der Waals surface area (Å²) in [5.74, 6) is -2.17. The number of pyridine rings is 1. The fourth-order valence-electron chi connectivity index (χ4n) is 1.67. The molecule has 0 unspecified atom stereocenters. The first-order chi connectivity index (χ1) is 11.0. The summed E-state index contributed by atoms with van der Waals surface area (Å²) >= 11 is 0. The maximum Gasteiger partial charge on any atom is 0.279 e. The lowest BCUT2D eigenvalue weighted by atomic mass is 10.3. The molecule has 8 heteroatoms. The molecule has 1 heterocycles. The summed E-state index contributed by atoms with van der Waals surface area (Å²) < 4.78 is 18.6. The Balaban J connectivity index is 1.92. The van der Waals surface area contributed by atoms with Gasteiger partial charge in [-0.05, 0) is 31.2 Å². The Morgan fingerprint density at radius 2 is 1.91 bits per heavy atom. The summed E-state index contributed by atoms with van der Waals surface area (Å²) in [6.45, 7) is 1.39. The Bertz CT molecular complexity index is 775. The quantitative estimate of drug-likeness (QED) is 0.724. The van der Waals surface area contributed by atoms with Crippen LogP contribution in [0.3, 0.4) is 0 Å². The lowest BCUT2D eigenvalue weighted by Gasteiger charge is -2.15. The number of hydrogen-bond donors (Lipinski definition) is 3. The predicted octanol–water partition coefficient (Wildman–Crippen LogP) is 0.743. The van der Waals surface area contributed by atoms with Crippen LogP contribution in [0.25, 0.3) is 0 Å². The number of para-hydroxylation sites is 1. The second kappa shape index (κ2) is 7.21. The first-order valence-corrected chi connectivity index (χ1v) is 6.68. The molecular formula is C15H14FN3O4. The lowest BCUT2D eigenvalue weighted by molar-refractivity contribution is -0.128. The Kier molecular flexibility index (Phi) is 5.08. The van der Waals surface area contributed by atoms with Gasteiger partial charge in [0.1, 0.15) is 5.56 Å². The van der Waals surface area contributed by atoms with Gasteiger partial charge in [-0.2, -0.15) is 0 Å². The number of H-pyrrole nitrogens is 1. The number of aromatic amines is 1. The van der Waals surface area contributed by atoms with Crippen molar-refractivity contribution < 1.29 is 18.7 Å². The summed E-state index contributed by atoms with van der Waals surface area (Å²) in [4.78, 5) is 37.3. The van der Waals surface area contributed by atoms with Gasteiger partial charge >= 0.3 is 0 Å². The molecule has 23 heavy (non-hydrogen) atoms. The smallest absolute Gasteiger partial charge is 0.279 e. The largest absolute Gasteiger partial charge is 0.478 e. The van der Waals surface area contributed by atoms with E-state index in [-0.39, 0.29) is 11.3 Å². The van der Waals surface area contributed by atoms with E-state index < -0.39 is 29.3 Å². The molecule has 0 radical (unpaired) electrons. The highest BCUT2D eigenvalue weighted by atomic mass is 19.1. The third kappa shape index (κ3) is 4.16. The third-order valence-corrected chi connectivity index (χ3v) is 2.87. The standard InChI is InChI=1S/C15H14FN3O4/c1-9(23-12-7-3-2-6-11(12)16)13(20)18-19-15(22)10-5-4-8-17-14(10)21/h2-9H,1H3,(H,17,21)(H,18,20)(H,19,22)/t9-/m1/s1. The van der Waals surface area contributed by atoms with Gasteiger partial charge in [0.15, 0.2) is 17.7 Å². The second-order valence-corrected chi connectivity index (χ2v) is 4.55. The van der Waals surface area contributed by atoms with Gasteiger partial charge in [0.25, 0.3) is 17.4 Å². The number of carbonyl (C=O) groups excluding carboxylic acids is 2. The normalized spacial score (nSPS) is 11.4. The summed E-state index contributed by atoms with van der Waals surface area (Å²) in [6, 6.07) is 8.41. The molecule has 2 aromatic rings. The zero-order chi connectivity index (χ0) is 16.8. The average molecular weight is 319 g/mol. The molecule has 0 aliphatic heterocycles. The number of halogens is 1. The van der Waals surface area contributed by atoms with Crippen molar-refractivity contribution in [2.24, 2.45) is 0 Å². The summed E-state index contributed by atoms with van der Waals surface area (Å²) in [6.07, 6.45) is 0.323. The highest BCUT2D eigenvalue weighted by molar-refractivity contribution is 5.95. The molecule has 1 atom stereocenters. The Morgan fingerprint density at radius 1 is 1.17 bits per heavy atom. The zero-order valence-corrected chi connectivity index (χ0v) is 12.1. The Hall–Kier alpha value is -3.16. The molecule has 0 bridgehead atoms. The van der Waals surface area contributed by atoms with E-state index in [1.807, 2.05) is 0 Å². The molecule has 3 N–H and O–H groups in total. The van der Waals surface area contributed by atoms with Gasteiger partial charge < -0.3 is 9.72 Å². The maximum absolute atomic E-state index is 13.4.